The maximum atomic E-state index is 9.38. The van der Waals surface area contributed by atoms with Crippen LogP contribution in [0.1, 0.15) is 5.56 Å². The maximum Gasteiger partial charge on any atom is 0.117 e. The summed E-state index contributed by atoms with van der Waals surface area (Å²) in [4.78, 5) is 4.37. The van der Waals surface area contributed by atoms with Gasteiger partial charge in [0.05, 0.1) is 16.2 Å². The molecule has 3 aromatic rings. The molecule has 0 spiro atoms. The Labute approximate surface area is 121 Å². The summed E-state index contributed by atoms with van der Waals surface area (Å²) < 4.78 is 0. The molecule has 3 nitrogen and oxygen atoms in total. The number of phenols is 1. The van der Waals surface area contributed by atoms with E-state index in [1.165, 1.54) is 11.6 Å². The molecule has 100 valence electrons. The van der Waals surface area contributed by atoms with E-state index in [4.69, 9.17) is 11.6 Å². The Bertz CT molecular complexity index is 787. The van der Waals surface area contributed by atoms with Gasteiger partial charge in [-0.1, -0.05) is 23.7 Å². The van der Waals surface area contributed by atoms with Gasteiger partial charge in [-0.15, -0.1) is 0 Å². The molecule has 4 heteroatoms. The highest BCUT2D eigenvalue weighted by Crippen LogP contribution is 2.31. The van der Waals surface area contributed by atoms with Gasteiger partial charge in [-0.05, 0) is 36.8 Å². The van der Waals surface area contributed by atoms with Crippen molar-refractivity contribution < 1.29 is 5.11 Å². The molecule has 0 aliphatic carbocycles. The van der Waals surface area contributed by atoms with Crippen LogP contribution in [0.2, 0.25) is 5.02 Å². The van der Waals surface area contributed by atoms with E-state index in [1.54, 1.807) is 18.3 Å². The van der Waals surface area contributed by atoms with Gasteiger partial charge in [0, 0.05) is 23.3 Å². The minimum absolute atomic E-state index is 0.149. The molecule has 0 atom stereocenters. The lowest BCUT2D eigenvalue weighted by molar-refractivity contribution is 0.475. The average molecular weight is 285 g/mol. The molecule has 1 aromatic heterocycles. The number of halogens is 1. The van der Waals surface area contributed by atoms with Crippen molar-refractivity contribution in [1.29, 1.82) is 0 Å². The number of nitrogens with one attached hydrogen (secondary N) is 1. The van der Waals surface area contributed by atoms with E-state index in [0.717, 1.165) is 22.3 Å². The van der Waals surface area contributed by atoms with Gasteiger partial charge in [0.2, 0.25) is 0 Å². The molecule has 0 amide bonds. The number of aromatic hydroxyl groups is 1. The van der Waals surface area contributed by atoms with Crippen LogP contribution in [-0.4, -0.2) is 10.1 Å². The van der Waals surface area contributed by atoms with Crippen LogP contribution in [-0.2, 0) is 0 Å². The molecule has 3 rings (SSSR count). The number of nitrogens with zero attached hydrogens (tertiary/aromatic N) is 1. The second kappa shape index (κ2) is 5.02. The Balaban J connectivity index is 2.06. The Hall–Kier alpha value is -2.26. The lowest BCUT2D eigenvalue weighted by Gasteiger charge is -2.11. The van der Waals surface area contributed by atoms with Crippen molar-refractivity contribution in [3.05, 3.63) is 59.2 Å². The number of aryl methyl sites for hydroxylation is 1. The van der Waals surface area contributed by atoms with Gasteiger partial charge in [0.15, 0.2) is 0 Å². The number of phenolic OH excluding ortho intramolecular Hbond substituents is 1. The Morgan fingerprint density at radius 3 is 2.70 bits per heavy atom. The van der Waals surface area contributed by atoms with E-state index in [9.17, 15) is 5.11 Å². The predicted octanol–water partition coefficient (Wildman–Crippen LogP) is 4.65. The highest BCUT2D eigenvalue weighted by Gasteiger charge is 2.06. The van der Waals surface area contributed by atoms with E-state index in [0.29, 0.717) is 5.02 Å². The van der Waals surface area contributed by atoms with Crippen LogP contribution in [0.15, 0.2) is 48.7 Å². The minimum Gasteiger partial charge on any atom is -0.508 e. The average Bonchev–Trinajstić information content (AvgIpc) is 2.41. The quantitative estimate of drug-likeness (QED) is 0.674. The van der Waals surface area contributed by atoms with Crippen molar-refractivity contribution >= 4 is 33.9 Å². The lowest BCUT2D eigenvalue weighted by atomic mass is 10.1. The van der Waals surface area contributed by atoms with Crippen LogP contribution >= 0.6 is 11.6 Å². The van der Waals surface area contributed by atoms with Crippen LogP contribution in [0.25, 0.3) is 10.9 Å². The number of fused-ring (bicyclic) bond motifs is 1. The normalized spacial score (nSPS) is 10.7. The number of hydrogen-bond acceptors (Lipinski definition) is 3. The molecule has 0 fully saturated rings. The molecule has 0 radical (unpaired) electrons. The molecule has 1 heterocycles. The van der Waals surface area contributed by atoms with Crippen LogP contribution in [0.5, 0.6) is 5.75 Å². The fraction of sp³-hybridized carbons (Fsp3) is 0.0625. The summed E-state index contributed by atoms with van der Waals surface area (Å²) in [5, 5.41) is 14.2. The Morgan fingerprint density at radius 1 is 1.05 bits per heavy atom. The first-order valence-corrected chi connectivity index (χ1v) is 6.62. The third-order valence-corrected chi connectivity index (χ3v) is 3.43. The van der Waals surface area contributed by atoms with Crippen molar-refractivity contribution in [3.8, 4) is 5.75 Å². The van der Waals surface area contributed by atoms with E-state index < -0.39 is 0 Å². The number of rotatable bonds is 2. The van der Waals surface area contributed by atoms with Crippen LogP contribution in [0.3, 0.4) is 0 Å². The van der Waals surface area contributed by atoms with Crippen molar-refractivity contribution in [1.82, 2.24) is 4.98 Å². The van der Waals surface area contributed by atoms with Gasteiger partial charge >= 0.3 is 0 Å². The summed E-state index contributed by atoms with van der Waals surface area (Å²) >= 11 is 6.12. The smallest absolute Gasteiger partial charge is 0.117 e. The van der Waals surface area contributed by atoms with Gasteiger partial charge in [-0.2, -0.15) is 0 Å². The molecule has 0 saturated carbocycles. The highest BCUT2D eigenvalue weighted by atomic mass is 35.5. The summed E-state index contributed by atoms with van der Waals surface area (Å²) in [6.07, 6.45) is 1.76. The number of aromatic nitrogens is 1. The minimum atomic E-state index is 0.149. The van der Waals surface area contributed by atoms with Gasteiger partial charge < -0.3 is 10.4 Å². The molecule has 0 aliphatic rings. The van der Waals surface area contributed by atoms with E-state index >= 15 is 0 Å². The summed E-state index contributed by atoms with van der Waals surface area (Å²) in [6, 6.07) is 12.9. The third-order valence-electron chi connectivity index (χ3n) is 3.12. The molecule has 0 bridgehead atoms. The first-order chi connectivity index (χ1) is 9.63. The monoisotopic (exact) mass is 284 g/mol. The van der Waals surface area contributed by atoms with Gasteiger partial charge in [-0.25, -0.2) is 0 Å². The predicted molar refractivity (Wildman–Crippen MR) is 82.9 cm³/mol. The third kappa shape index (κ3) is 2.40. The number of hydrogen-bond donors (Lipinski definition) is 2. The first-order valence-electron chi connectivity index (χ1n) is 6.24. The largest absolute Gasteiger partial charge is 0.508 e. The molecule has 2 N–H and O–H groups in total. The number of pyridine rings is 1. The number of anilines is 2. The van der Waals surface area contributed by atoms with Crippen molar-refractivity contribution in [2.24, 2.45) is 0 Å². The van der Waals surface area contributed by atoms with Gasteiger partial charge in [0.25, 0.3) is 0 Å². The van der Waals surface area contributed by atoms with Crippen LogP contribution in [0.4, 0.5) is 11.4 Å². The van der Waals surface area contributed by atoms with Crippen LogP contribution in [0, 0.1) is 6.92 Å². The van der Waals surface area contributed by atoms with Crippen molar-refractivity contribution in [2.75, 3.05) is 5.32 Å². The second-order valence-electron chi connectivity index (χ2n) is 4.67. The highest BCUT2D eigenvalue weighted by molar-refractivity contribution is 6.33. The molecule has 0 aliphatic heterocycles. The zero-order chi connectivity index (χ0) is 14.1. The fourth-order valence-corrected chi connectivity index (χ4v) is 2.34. The maximum absolute atomic E-state index is 9.38. The fourth-order valence-electron chi connectivity index (χ4n) is 2.12. The summed E-state index contributed by atoms with van der Waals surface area (Å²) in [5.41, 5.74) is 3.79. The van der Waals surface area contributed by atoms with Crippen LogP contribution < -0.4 is 5.32 Å². The molecular weight excluding hydrogens is 272 g/mol. The zero-order valence-corrected chi connectivity index (χ0v) is 11.6. The van der Waals surface area contributed by atoms with Crippen molar-refractivity contribution in [2.45, 2.75) is 6.92 Å². The molecule has 0 saturated heterocycles. The summed E-state index contributed by atoms with van der Waals surface area (Å²) in [5.74, 6) is 0.149. The molecular formula is C16H13ClN2O. The van der Waals surface area contributed by atoms with Gasteiger partial charge in [0.1, 0.15) is 5.75 Å². The zero-order valence-electron chi connectivity index (χ0n) is 10.9. The topological polar surface area (TPSA) is 45.1 Å². The standard InChI is InChI=1S/C16H13ClN2O/c1-10-2-4-12-14(6-7-18-16(12)8-10)19-15-5-3-11(20)9-13(15)17/h2-9,20H,1H3,(H,18,19). The second-order valence-corrected chi connectivity index (χ2v) is 5.08. The SMILES string of the molecule is Cc1ccc2c(Nc3ccc(O)cc3Cl)ccnc2c1. The first kappa shape index (κ1) is 12.8. The summed E-state index contributed by atoms with van der Waals surface area (Å²) in [7, 11) is 0. The number of benzene rings is 2. The molecule has 0 unspecified atom stereocenters. The summed E-state index contributed by atoms with van der Waals surface area (Å²) in [6.45, 7) is 2.04. The lowest BCUT2D eigenvalue weighted by Crippen LogP contribution is -1.93. The molecule has 2 aromatic carbocycles. The van der Waals surface area contributed by atoms with Gasteiger partial charge in [-0.3, -0.25) is 4.98 Å². The molecule has 20 heavy (non-hydrogen) atoms. The van der Waals surface area contributed by atoms with E-state index in [1.807, 2.05) is 31.2 Å². The Kier molecular flexibility index (Phi) is 3.20. The van der Waals surface area contributed by atoms with Crippen molar-refractivity contribution in [3.63, 3.8) is 0 Å². The van der Waals surface area contributed by atoms with E-state index in [2.05, 4.69) is 10.3 Å². The Morgan fingerprint density at radius 2 is 1.90 bits per heavy atom. The van der Waals surface area contributed by atoms with E-state index in [-0.39, 0.29) is 5.75 Å².